The lowest BCUT2D eigenvalue weighted by atomic mass is 9.91. The first-order valence-corrected chi connectivity index (χ1v) is 6.02. The number of nitrogens with one attached hydrogen (secondary N) is 1. The Morgan fingerprint density at radius 3 is 2.61 bits per heavy atom. The van der Waals surface area contributed by atoms with Crippen molar-refractivity contribution in [3.05, 3.63) is 29.7 Å². The Labute approximate surface area is 107 Å². The second-order valence-corrected chi connectivity index (χ2v) is 5.57. The van der Waals surface area contributed by atoms with Gasteiger partial charge in [-0.15, -0.1) is 0 Å². The molecule has 0 saturated heterocycles. The molecule has 2 aromatic heterocycles. The van der Waals surface area contributed by atoms with E-state index in [9.17, 15) is 4.79 Å². The van der Waals surface area contributed by atoms with E-state index in [0.29, 0.717) is 5.56 Å². The maximum absolute atomic E-state index is 11.9. The Morgan fingerprint density at radius 2 is 2.06 bits per heavy atom. The highest BCUT2D eigenvalue weighted by Crippen LogP contribution is 2.26. The summed E-state index contributed by atoms with van der Waals surface area (Å²) in [6.07, 6.45) is 3.68. The Bertz CT molecular complexity index is 605. The van der Waals surface area contributed by atoms with Crippen molar-refractivity contribution in [2.24, 2.45) is 7.05 Å². The second-order valence-electron chi connectivity index (χ2n) is 5.57. The number of hydrogen-bond donors (Lipinski definition) is 1. The molecule has 0 aliphatic rings. The number of carbonyl (C=O) groups excluding carboxylic acids is 1. The Hall–Kier alpha value is -1.84. The zero-order chi connectivity index (χ0) is 13.5. The van der Waals surface area contributed by atoms with Crippen LogP contribution >= 0.6 is 0 Å². The summed E-state index contributed by atoms with van der Waals surface area (Å²) in [5.74, 6) is -0.0633. The van der Waals surface area contributed by atoms with Crippen LogP contribution in [0.1, 0.15) is 36.8 Å². The average molecular weight is 245 g/mol. The summed E-state index contributed by atoms with van der Waals surface area (Å²) in [6.45, 7) is 6.34. The fraction of sp³-hybridized carbons (Fsp3) is 0.429. The van der Waals surface area contributed by atoms with Gasteiger partial charge in [-0.3, -0.25) is 9.78 Å². The van der Waals surface area contributed by atoms with Gasteiger partial charge in [-0.05, 0) is 6.07 Å². The predicted molar refractivity (Wildman–Crippen MR) is 72.8 cm³/mol. The highest BCUT2D eigenvalue weighted by atomic mass is 16.1. The van der Waals surface area contributed by atoms with Crippen LogP contribution in [0.2, 0.25) is 0 Å². The van der Waals surface area contributed by atoms with Gasteiger partial charge in [-0.25, -0.2) is 0 Å². The molecule has 4 heteroatoms. The van der Waals surface area contributed by atoms with Crippen molar-refractivity contribution in [3.63, 3.8) is 0 Å². The number of aryl methyl sites for hydroxylation is 1. The molecule has 0 spiro atoms. The molecule has 4 nitrogen and oxygen atoms in total. The summed E-state index contributed by atoms with van der Waals surface area (Å²) in [4.78, 5) is 16.3. The lowest BCUT2D eigenvalue weighted by Gasteiger charge is -2.17. The second kappa shape index (κ2) is 4.12. The highest BCUT2D eigenvalue weighted by molar-refractivity contribution is 6.06. The molecule has 2 aromatic rings. The largest absolute Gasteiger partial charge is 0.355 e. The third kappa shape index (κ3) is 1.98. The van der Waals surface area contributed by atoms with E-state index >= 15 is 0 Å². The summed E-state index contributed by atoms with van der Waals surface area (Å²) in [7, 11) is 3.57. The molecule has 0 radical (unpaired) electrons. The van der Waals surface area contributed by atoms with E-state index in [2.05, 4.69) is 31.1 Å². The molecular weight excluding hydrogens is 226 g/mol. The van der Waals surface area contributed by atoms with Gasteiger partial charge in [0.2, 0.25) is 0 Å². The van der Waals surface area contributed by atoms with Crippen LogP contribution in [0.25, 0.3) is 10.9 Å². The van der Waals surface area contributed by atoms with E-state index in [1.54, 1.807) is 7.05 Å². The summed E-state index contributed by atoms with van der Waals surface area (Å²) in [5.41, 5.74) is 2.64. The maximum atomic E-state index is 11.9. The minimum absolute atomic E-state index is 0.0238. The summed E-state index contributed by atoms with van der Waals surface area (Å²) >= 11 is 0. The van der Waals surface area contributed by atoms with Crippen LogP contribution in [0.5, 0.6) is 0 Å². The monoisotopic (exact) mass is 245 g/mol. The van der Waals surface area contributed by atoms with Crippen molar-refractivity contribution in [2.75, 3.05) is 7.05 Å². The molecule has 2 heterocycles. The van der Waals surface area contributed by atoms with Gasteiger partial charge in [0.25, 0.3) is 5.91 Å². The molecule has 18 heavy (non-hydrogen) atoms. The van der Waals surface area contributed by atoms with Gasteiger partial charge in [0.15, 0.2) is 0 Å². The van der Waals surface area contributed by atoms with Crippen molar-refractivity contribution in [1.29, 1.82) is 0 Å². The minimum atomic E-state index is -0.0633. The SMILES string of the molecule is CNC(=O)c1cn(C)c2cnc(C(C)(C)C)cc12. The van der Waals surface area contributed by atoms with Crippen LogP contribution < -0.4 is 5.32 Å². The predicted octanol–water partition coefficient (Wildman–Crippen LogP) is 2.23. The molecule has 0 saturated carbocycles. The first kappa shape index (κ1) is 12.6. The van der Waals surface area contributed by atoms with Gasteiger partial charge >= 0.3 is 0 Å². The standard InChI is InChI=1S/C14H19N3O/c1-14(2,3)12-6-9-10(13(18)15-4)8-17(5)11(9)7-16-12/h6-8H,1-5H3,(H,15,18). The Morgan fingerprint density at radius 1 is 1.39 bits per heavy atom. The third-order valence-electron chi connectivity index (χ3n) is 3.12. The van der Waals surface area contributed by atoms with Gasteiger partial charge in [0.1, 0.15) is 0 Å². The molecule has 0 unspecified atom stereocenters. The van der Waals surface area contributed by atoms with Crippen LogP contribution in [0, 0.1) is 0 Å². The maximum Gasteiger partial charge on any atom is 0.253 e. The molecule has 0 atom stereocenters. The van der Waals surface area contributed by atoms with E-state index in [0.717, 1.165) is 16.6 Å². The number of carbonyl (C=O) groups is 1. The average Bonchev–Trinajstić information content (AvgIpc) is 2.64. The Balaban J connectivity index is 2.70. The number of fused-ring (bicyclic) bond motifs is 1. The number of pyridine rings is 1. The molecule has 2 rings (SSSR count). The van der Waals surface area contributed by atoms with Gasteiger partial charge in [0, 0.05) is 36.8 Å². The summed E-state index contributed by atoms with van der Waals surface area (Å²) in [5, 5.41) is 3.63. The highest BCUT2D eigenvalue weighted by Gasteiger charge is 2.19. The molecule has 0 aromatic carbocycles. The van der Waals surface area contributed by atoms with Gasteiger partial charge in [0.05, 0.1) is 17.3 Å². The fourth-order valence-electron chi connectivity index (χ4n) is 2.00. The van der Waals surface area contributed by atoms with Crippen LogP contribution in [-0.2, 0) is 12.5 Å². The lowest BCUT2D eigenvalue weighted by Crippen LogP contribution is -2.17. The van der Waals surface area contributed by atoms with Crippen molar-refractivity contribution in [2.45, 2.75) is 26.2 Å². The third-order valence-corrected chi connectivity index (χ3v) is 3.12. The van der Waals surface area contributed by atoms with Crippen molar-refractivity contribution < 1.29 is 4.79 Å². The number of nitrogens with zero attached hydrogens (tertiary/aromatic N) is 2. The number of hydrogen-bond acceptors (Lipinski definition) is 2. The van der Waals surface area contributed by atoms with E-state index in [4.69, 9.17) is 0 Å². The molecule has 1 N–H and O–H groups in total. The van der Waals surface area contributed by atoms with Crippen LogP contribution in [0.15, 0.2) is 18.5 Å². The van der Waals surface area contributed by atoms with Gasteiger partial charge in [-0.2, -0.15) is 0 Å². The molecule has 0 aliphatic carbocycles. The molecule has 96 valence electrons. The molecular formula is C14H19N3O. The van der Waals surface area contributed by atoms with E-state index in [-0.39, 0.29) is 11.3 Å². The first-order valence-electron chi connectivity index (χ1n) is 6.02. The normalized spacial score (nSPS) is 11.8. The van der Waals surface area contributed by atoms with Crippen molar-refractivity contribution in [3.8, 4) is 0 Å². The van der Waals surface area contributed by atoms with E-state index < -0.39 is 0 Å². The lowest BCUT2D eigenvalue weighted by molar-refractivity contribution is 0.0964. The number of aromatic nitrogens is 2. The number of rotatable bonds is 1. The van der Waals surface area contributed by atoms with Crippen molar-refractivity contribution >= 4 is 16.8 Å². The first-order chi connectivity index (χ1) is 8.34. The quantitative estimate of drug-likeness (QED) is 0.837. The molecule has 0 fully saturated rings. The van der Waals surface area contributed by atoms with Crippen molar-refractivity contribution in [1.82, 2.24) is 14.9 Å². The fourth-order valence-corrected chi connectivity index (χ4v) is 2.00. The number of amides is 1. The summed E-state index contributed by atoms with van der Waals surface area (Å²) in [6, 6.07) is 2.01. The molecule has 0 aliphatic heterocycles. The van der Waals surface area contributed by atoms with E-state index in [1.165, 1.54) is 0 Å². The molecule has 0 bridgehead atoms. The molecule has 1 amide bonds. The summed E-state index contributed by atoms with van der Waals surface area (Å²) < 4.78 is 1.93. The minimum Gasteiger partial charge on any atom is -0.355 e. The van der Waals surface area contributed by atoms with Crippen LogP contribution in [0.3, 0.4) is 0 Å². The zero-order valence-electron chi connectivity index (χ0n) is 11.5. The smallest absolute Gasteiger partial charge is 0.253 e. The van der Waals surface area contributed by atoms with Gasteiger partial charge < -0.3 is 9.88 Å². The van der Waals surface area contributed by atoms with Crippen LogP contribution in [-0.4, -0.2) is 22.5 Å². The van der Waals surface area contributed by atoms with E-state index in [1.807, 2.05) is 30.1 Å². The zero-order valence-corrected chi connectivity index (χ0v) is 11.5. The van der Waals surface area contributed by atoms with Crippen LogP contribution in [0.4, 0.5) is 0 Å². The Kier molecular flexibility index (Phi) is 2.89. The topological polar surface area (TPSA) is 46.9 Å². The van der Waals surface area contributed by atoms with Gasteiger partial charge in [-0.1, -0.05) is 20.8 Å².